The van der Waals surface area contributed by atoms with E-state index in [4.69, 9.17) is 15.7 Å². The van der Waals surface area contributed by atoms with Crippen LogP contribution in [0.3, 0.4) is 0 Å². The molecule has 1 aliphatic rings. The van der Waals surface area contributed by atoms with E-state index in [0.29, 0.717) is 11.7 Å². The van der Waals surface area contributed by atoms with E-state index in [9.17, 15) is 0 Å². The van der Waals surface area contributed by atoms with Crippen LogP contribution in [0, 0.1) is 6.92 Å². The molecule has 4 rings (SSSR count). The van der Waals surface area contributed by atoms with Crippen LogP contribution in [0.25, 0.3) is 22.3 Å². The van der Waals surface area contributed by atoms with Crippen molar-refractivity contribution in [2.24, 2.45) is 0 Å². The van der Waals surface area contributed by atoms with Crippen molar-refractivity contribution in [2.75, 3.05) is 5.73 Å². The molecule has 1 fully saturated rings. The Kier molecular flexibility index (Phi) is 2.64. The second-order valence-corrected chi connectivity index (χ2v) is 5.60. The smallest absolute Gasteiger partial charge is 0.134 e. The Hall–Kier alpha value is -2.49. The van der Waals surface area contributed by atoms with E-state index in [1.807, 2.05) is 31.2 Å². The summed E-state index contributed by atoms with van der Waals surface area (Å²) in [5.41, 5.74) is 9.65. The van der Waals surface area contributed by atoms with Crippen LogP contribution in [0.2, 0.25) is 0 Å². The van der Waals surface area contributed by atoms with Crippen LogP contribution in [0.4, 0.5) is 5.82 Å². The number of aromatic nitrogens is 3. The highest BCUT2D eigenvalue weighted by Gasteiger charge is 2.28. The van der Waals surface area contributed by atoms with Crippen molar-refractivity contribution in [1.82, 2.24) is 15.0 Å². The maximum atomic E-state index is 6.06. The molecule has 1 saturated carbocycles. The largest absolute Gasteiger partial charge is 0.383 e. The van der Waals surface area contributed by atoms with Gasteiger partial charge < -0.3 is 5.73 Å². The number of hydrogen-bond donors (Lipinski definition) is 1. The van der Waals surface area contributed by atoms with Crippen LogP contribution in [0.15, 0.2) is 36.4 Å². The summed E-state index contributed by atoms with van der Waals surface area (Å²) < 4.78 is 0. The Morgan fingerprint density at radius 1 is 1.00 bits per heavy atom. The number of hydrogen-bond acceptors (Lipinski definition) is 4. The van der Waals surface area contributed by atoms with Gasteiger partial charge in [-0.25, -0.2) is 15.0 Å². The molecule has 4 nitrogen and oxygen atoms in total. The molecule has 2 aromatic heterocycles. The zero-order chi connectivity index (χ0) is 14.4. The van der Waals surface area contributed by atoms with Gasteiger partial charge in [0.1, 0.15) is 11.6 Å². The first-order valence-corrected chi connectivity index (χ1v) is 7.22. The van der Waals surface area contributed by atoms with Gasteiger partial charge >= 0.3 is 0 Å². The molecule has 4 heteroatoms. The van der Waals surface area contributed by atoms with Crippen LogP contribution >= 0.6 is 0 Å². The minimum Gasteiger partial charge on any atom is -0.383 e. The van der Waals surface area contributed by atoms with Crippen molar-refractivity contribution in [3.8, 4) is 11.4 Å². The minimum atomic E-state index is 0.479. The van der Waals surface area contributed by atoms with Gasteiger partial charge in [0.15, 0.2) is 0 Å². The lowest BCUT2D eigenvalue weighted by molar-refractivity contribution is 0.925. The van der Waals surface area contributed by atoms with Gasteiger partial charge in [0.05, 0.1) is 16.9 Å². The van der Waals surface area contributed by atoms with Crippen LogP contribution in [-0.4, -0.2) is 15.0 Å². The highest BCUT2D eigenvalue weighted by Crippen LogP contribution is 2.39. The monoisotopic (exact) mass is 276 g/mol. The van der Waals surface area contributed by atoms with E-state index < -0.39 is 0 Å². The van der Waals surface area contributed by atoms with Gasteiger partial charge in [0.25, 0.3) is 0 Å². The van der Waals surface area contributed by atoms with Crippen molar-refractivity contribution in [3.05, 3.63) is 47.8 Å². The summed E-state index contributed by atoms with van der Waals surface area (Å²) in [6, 6.07) is 12.2. The fraction of sp³-hybridized carbons (Fsp3) is 0.235. The van der Waals surface area contributed by atoms with Crippen molar-refractivity contribution in [2.45, 2.75) is 25.7 Å². The maximum Gasteiger partial charge on any atom is 0.134 e. The third-order valence-corrected chi connectivity index (χ3v) is 3.98. The van der Waals surface area contributed by atoms with Gasteiger partial charge in [0, 0.05) is 16.9 Å². The lowest BCUT2D eigenvalue weighted by atomic mass is 10.1. The van der Waals surface area contributed by atoms with E-state index in [0.717, 1.165) is 46.5 Å². The van der Waals surface area contributed by atoms with Gasteiger partial charge in [0.2, 0.25) is 0 Å². The number of nitrogens with zero attached hydrogens (tertiary/aromatic N) is 3. The third kappa shape index (κ3) is 2.13. The SMILES string of the molecule is Cc1c(N)nc(C2CC2)nc1-c1ccc2ccccc2n1. The summed E-state index contributed by atoms with van der Waals surface area (Å²) in [5, 5.41) is 1.13. The predicted octanol–water partition coefficient (Wildman–Crippen LogP) is 3.46. The van der Waals surface area contributed by atoms with Crippen molar-refractivity contribution in [1.29, 1.82) is 0 Å². The molecule has 1 aliphatic carbocycles. The highest BCUT2D eigenvalue weighted by molar-refractivity contribution is 5.81. The van der Waals surface area contributed by atoms with Gasteiger partial charge in [-0.2, -0.15) is 0 Å². The summed E-state index contributed by atoms with van der Waals surface area (Å²) in [6.07, 6.45) is 2.32. The van der Waals surface area contributed by atoms with E-state index >= 15 is 0 Å². The second kappa shape index (κ2) is 4.52. The summed E-state index contributed by atoms with van der Waals surface area (Å²) in [4.78, 5) is 13.9. The predicted molar refractivity (Wildman–Crippen MR) is 83.9 cm³/mol. The quantitative estimate of drug-likeness (QED) is 0.778. The zero-order valence-electron chi connectivity index (χ0n) is 11.9. The number of benzene rings is 1. The average molecular weight is 276 g/mol. The van der Waals surface area contributed by atoms with Crippen LogP contribution in [0.1, 0.15) is 30.1 Å². The van der Waals surface area contributed by atoms with E-state index in [2.05, 4.69) is 17.1 Å². The van der Waals surface area contributed by atoms with E-state index in [-0.39, 0.29) is 0 Å². The molecule has 2 N–H and O–H groups in total. The standard InChI is InChI=1S/C17H16N4/c1-10-15(20-17(12-6-7-12)21-16(10)18)14-9-8-11-4-2-3-5-13(11)19-14/h2-5,8-9,12H,6-7H2,1H3,(H2,18,20,21). The summed E-state index contributed by atoms with van der Waals surface area (Å²) in [7, 11) is 0. The fourth-order valence-electron chi connectivity index (χ4n) is 2.52. The fourth-order valence-corrected chi connectivity index (χ4v) is 2.52. The highest BCUT2D eigenvalue weighted by atomic mass is 15.0. The number of pyridine rings is 1. The Balaban J connectivity index is 1.90. The first-order chi connectivity index (χ1) is 10.2. The number of para-hydroxylation sites is 1. The average Bonchev–Trinajstić information content (AvgIpc) is 3.34. The molecule has 0 amide bonds. The molecule has 1 aromatic carbocycles. The summed E-state index contributed by atoms with van der Waals surface area (Å²) in [6.45, 7) is 1.96. The molecular weight excluding hydrogens is 260 g/mol. The number of nitrogen functional groups attached to an aromatic ring is 1. The molecule has 0 unspecified atom stereocenters. The molecule has 0 saturated heterocycles. The number of nitrogens with two attached hydrogens (primary N) is 1. The van der Waals surface area contributed by atoms with E-state index in [1.54, 1.807) is 0 Å². The number of fused-ring (bicyclic) bond motifs is 1. The van der Waals surface area contributed by atoms with Crippen molar-refractivity contribution < 1.29 is 0 Å². The lowest BCUT2D eigenvalue weighted by Crippen LogP contribution is -2.04. The summed E-state index contributed by atoms with van der Waals surface area (Å²) in [5.74, 6) is 1.91. The second-order valence-electron chi connectivity index (χ2n) is 5.60. The molecule has 0 bridgehead atoms. The topological polar surface area (TPSA) is 64.7 Å². The molecule has 0 spiro atoms. The molecule has 0 aliphatic heterocycles. The molecule has 2 heterocycles. The Labute approximate surface area is 123 Å². The van der Waals surface area contributed by atoms with Gasteiger partial charge in [-0.3, -0.25) is 0 Å². The van der Waals surface area contributed by atoms with Gasteiger partial charge in [-0.05, 0) is 31.9 Å². The van der Waals surface area contributed by atoms with E-state index in [1.165, 1.54) is 0 Å². The minimum absolute atomic E-state index is 0.479. The van der Waals surface area contributed by atoms with Crippen molar-refractivity contribution in [3.63, 3.8) is 0 Å². The van der Waals surface area contributed by atoms with Gasteiger partial charge in [-0.15, -0.1) is 0 Å². The molecular formula is C17H16N4. The maximum absolute atomic E-state index is 6.06. The van der Waals surface area contributed by atoms with Crippen molar-refractivity contribution >= 4 is 16.7 Å². The normalized spacial score (nSPS) is 14.5. The van der Waals surface area contributed by atoms with Crippen LogP contribution in [-0.2, 0) is 0 Å². The van der Waals surface area contributed by atoms with Crippen LogP contribution < -0.4 is 5.73 Å². The molecule has 104 valence electrons. The first-order valence-electron chi connectivity index (χ1n) is 7.22. The lowest BCUT2D eigenvalue weighted by Gasteiger charge is -2.10. The first kappa shape index (κ1) is 12.3. The number of rotatable bonds is 2. The Morgan fingerprint density at radius 2 is 1.81 bits per heavy atom. The Bertz CT molecular complexity index is 837. The summed E-state index contributed by atoms with van der Waals surface area (Å²) >= 11 is 0. The number of anilines is 1. The molecule has 21 heavy (non-hydrogen) atoms. The molecule has 3 aromatic rings. The zero-order valence-corrected chi connectivity index (χ0v) is 11.9. The Morgan fingerprint density at radius 3 is 2.62 bits per heavy atom. The third-order valence-electron chi connectivity index (χ3n) is 3.98. The van der Waals surface area contributed by atoms with Gasteiger partial charge in [-0.1, -0.05) is 24.3 Å². The molecule has 0 atom stereocenters. The van der Waals surface area contributed by atoms with Crippen LogP contribution in [0.5, 0.6) is 0 Å². The molecule has 0 radical (unpaired) electrons.